The molecule has 3 atom stereocenters. The summed E-state index contributed by atoms with van der Waals surface area (Å²) in [5.74, 6) is 0.718. The highest BCUT2D eigenvalue weighted by Gasteiger charge is 2.33. The van der Waals surface area contributed by atoms with Gasteiger partial charge in [0.05, 0.1) is 6.61 Å². The Morgan fingerprint density at radius 2 is 2.41 bits per heavy atom. The standard InChI is InChI=1S/C14H28N2O/c1-3-6-14(7-4-8-16-14)11-15-12(2)13-5-9-17-10-13/h12-13,15-16H,3-11H2,1-2H3. The van der Waals surface area contributed by atoms with Crippen LogP contribution >= 0.6 is 0 Å². The van der Waals surface area contributed by atoms with E-state index in [1.807, 2.05) is 0 Å². The van der Waals surface area contributed by atoms with Crippen molar-refractivity contribution in [3.05, 3.63) is 0 Å². The van der Waals surface area contributed by atoms with Gasteiger partial charge in [-0.2, -0.15) is 0 Å². The zero-order valence-electron chi connectivity index (χ0n) is 11.4. The van der Waals surface area contributed by atoms with Crippen LogP contribution in [0.2, 0.25) is 0 Å². The minimum atomic E-state index is 0.377. The van der Waals surface area contributed by atoms with E-state index in [4.69, 9.17) is 4.74 Å². The minimum absolute atomic E-state index is 0.377. The van der Waals surface area contributed by atoms with Gasteiger partial charge >= 0.3 is 0 Å². The lowest BCUT2D eigenvalue weighted by Crippen LogP contribution is -2.51. The molecular formula is C14H28N2O. The van der Waals surface area contributed by atoms with E-state index < -0.39 is 0 Å². The lowest BCUT2D eigenvalue weighted by atomic mass is 9.90. The van der Waals surface area contributed by atoms with Gasteiger partial charge in [0.2, 0.25) is 0 Å². The van der Waals surface area contributed by atoms with Crippen LogP contribution < -0.4 is 10.6 Å². The number of hydrogen-bond acceptors (Lipinski definition) is 3. The summed E-state index contributed by atoms with van der Waals surface area (Å²) < 4.78 is 5.47. The van der Waals surface area contributed by atoms with Crippen molar-refractivity contribution >= 4 is 0 Å². The summed E-state index contributed by atoms with van der Waals surface area (Å²) >= 11 is 0. The quantitative estimate of drug-likeness (QED) is 0.744. The summed E-state index contributed by atoms with van der Waals surface area (Å²) in [5.41, 5.74) is 0.377. The monoisotopic (exact) mass is 240 g/mol. The molecule has 0 radical (unpaired) electrons. The highest BCUT2D eigenvalue weighted by atomic mass is 16.5. The fourth-order valence-electron chi connectivity index (χ4n) is 3.27. The molecule has 100 valence electrons. The molecule has 2 rings (SSSR count). The molecule has 0 amide bonds. The second-order valence-electron chi connectivity index (χ2n) is 5.85. The Hall–Kier alpha value is -0.120. The molecule has 17 heavy (non-hydrogen) atoms. The molecule has 0 spiro atoms. The van der Waals surface area contributed by atoms with Gasteiger partial charge in [0.1, 0.15) is 0 Å². The Labute approximate surface area is 106 Å². The maximum Gasteiger partial charge on any atom is 0.0509 e. The van der Waals surface area contributed by atoms with E-state index in [-0.39, 0.29) is 0 Å². The molecule has 0 aromatic rings. The van der Waals surface area contributed by atoms with Gasteiger partial charge < -0.3 is 15.4 Å². The summed E-state index contributed by atoms with van der Waals surface area (Å²) in [4.78, 5) is 0. The van der Waals surface area contributed by atoms with Gasteiger partial charge in [0, 0.05) is 24.7 Å². The van der Waals surface area contributed by atoms with Gasteiger partial charge in [-0.3, -0.25) is 0 Å². The van der Waals surface area contributed by atoms with Crippen molar-refractivity contribution in [2.24, 2.45) is 5.92 Å². The molecule has 2 fully saturated rings. The molecule has 0 bridgehead atoms. The Morgan fingerprint density at radius 1 is 1.53 bits per heavy atom. The first-order chi connectivity index (χ1) is 8.26. The minimum Gasteiger partial charge on any atom is -0.381 e. The lowest BCUT2D eigenvalue weighted by molar-refractivity contribution is 0.176. The van der Waals surface area contributed by atoms with Gasteiger partial charge in [-0.15, -0.1) is 0 Å². The van der Waals surface area contributed by atoms with Crippen molar-refractivity contribution in [2.75, 3.05) is 26.3 Å². The van der Waals surface area contributed by atoms with Crippen LogP contribution in [0.5, 0.6) is 0 Å². The average molecular weight is 240 g/mol. The predicted molar refractivity (Wildman–Crippen MR) is 71.3 cm³/mol. The number of ether oxygens (including phenoxy) is 1. The Balaban J connectivity index is 1.78. The molecule has 3 heteroatoms. The molecular weight excluding hydrogens is 212 g/mol. The molecule has 0 aromatic heterocycles. The summed E-state index contributed by atoms with van der Waals surface area (Å²) in [6, 6.07) is 0.591. The van der Waals surface area contributed by atoms with Crippen molar-refractivity contribution in [3.63, 3.8) is 0 Å². The Kier molecular flexibility index (Phi) is 4.83. The number of nitrogens with one attached hydrogen (secondary N) is 2. The van der Waals surface area contributed by atoms with E-state index in [0.29, 0.717) is 11.6 Å². The molecule has 2 saturated heterocycles. The summed E-state index contributed by atoms with van der Waals surface area (Å²) in [6.07, 6.45) is 6.47. The van der Waals surface area contributed by atoms with Crippen LogP contribution in [0.3, 0.4) is 0 Å². The maximum absolute atomic E-state index is 5.47. The highest BCUT2D eigenvalue weighted by Crippen LogP contribution is 2.25. The number of rotatable bonds is 6. The van der Waals surface area contributed by atoms with Crippen molar-refractivity contribution in [3.8, 4) is 0 Å². The first-order valence-corrected chi connectivity index (χ1v) is 7.32. The molecule has 0 aromatic carbocycles. The smallest absolute Gasteiger partial charge is 0.0509 e. The van der Waals surface area contributed by atoms with Crippen LogP contribution in [0.1, 0.15) is 46.0 Å². The first kappa shape index (κ1) is 13.3. The fourth-order valence-corrected chi connectivity index (χ4v) is 3.27. The van der Waals surface area contributed by atoms with Gasteiger partial charge in [-0.1, -0.05) is 13.3 Å². The molecule has 2 aliphatic rings. The van der Waals surface area contributed by atoms with E-state index in [1.54, 1.807) is 0 Å². The van der Waals surface area contributed by atoms with Crippen LogP contribution in [-0.4, -0.2) is 37.9 Å². The van der Waals surface area contributed by atoms with Crippen LogP contribution in [0.25, 0.3) is 0 Å². The SMILES string of the molecule is CCCC1(CNC(C)C2CCOC2)CCCN1. The third kappa shape index (κ3) is 3.43. The van der Waals surface area contributed by atoms with E-state index in [0.717, 1.165) is 25.7 Å². The normalized spacial score (nSPS) is 35.3. The van der Waals surface area contributed by atoms with Crippen molar-refractivity contribution in [2.45, 2.75) is 57.5 Å². The third-order valence-electron chi connectivity index (χ3n) is 4.50. The fraction of sp³-hybridized carbons (Fsp3) is 1.00. The molecule has 3 nitrogen and oxygen atoms in total. The molecule has 2 heterocycles. The second kappa shape index (κ2) is 6.17. The zero-order chi connectivity index (χ0) is 12.1. The summed E-state index contributed by atoms with van der Waals surface area (Å²) in [5, 5.41) is 7.47. The van der Waals surface area contributed by atoms with Gasteiger partial charge in [-0.05, 0) is 45.1 Å². The molecule has 2 N–H and O–H groups in total. The molecule has 2 aliphatic heterocycles. The van der Waals surface area contributed by atoms with Gasteiger partial charge in [0.15, 0.2) is 0 Å². The third-order valence-corrected chi connectivity index (χ3v) is 4.50. The van der Waals surface area contributed by atoms with Crippen LogP contribution in [0.15, 0.2) is 0 Å². The second-order valence-corrected chi connectivity index (χ2v) is 5.85. The average Bonchev–Trinajstić information content (AvgIpc) is 2.98. The molecule has 3 unspecified atom stereocenters. The van der Waals surface area contributed by atoms with E-state index in [9.17, 15) is 0 Å². The highest BCUT2D eigenvalue weighted by molar-refractivity contribution is 4.95. The van der Waals surface area contributed by atoms with Crippen molar-refractivity contribution in [1.29, 1.82) is 0 Å². The van der Waals surface area contributed by atoms with E-state index >= 15 is 0 Å². The van der Waals surface area contributed by atoms with E-state index in [1.165, 1.54) is 38.6 Å². The summed E-state index contributed by atoms with van der Waals surface area (Å²) in [7, 11) is 0. The molecule has 0 aliphatic carbocycles. The Morgan fingerprint density at radius 3 is 3.00 bits per heavy atom. The first-order valence-electron chi connectivity index (χ1n) is 7.32. The Bertz CT molecular complexity index is 220. The van der Waals surface area contributed by atoms with Gasteiger partial charge in [0.25, 0.3) is 0 Å². The number of hydrogen-bond donors (Lipinski definition) is 2. The summed E-state index contributed by atoms with van der Waals surface area (Å²) in [6.45, 7) is 8.82. The van der Waals surface area contributed by atoms with Crippen LogP contribution in [0.4, 0.5) is 0 Å². The maximum atomic E-state index is 5.47. The largest absolute Gasteiger partial charge is 0.381 e. The van der Waals surface area contributed by atoms with Crippen LogP contribution in [0, 0.1) is 5.92 Å². The van der Waals surface area contributed by atoms with E-state index in [2.05, 4.69) is 24.5 Å². The predicted octanol–water partition coefficient (Wildman–Crippen LogP) is 1.92. The van der Waals surface area contributed by atoms with Crippen LogP contribution in [-0.2, 0) is 4.74 Å². The van der Waals surface area contributed by atoms with Gasteiger partial charge in [-0.25, -0.2) is 0 Å². The lowest BCUT2D eigenvalue weighted by Gasteiger charge is -2.32. The van der Waals surface area contributed by atoms with Crippen molar-refractivity contribution in [1.82, 2.24) is 10.6 Å². The van der Waals surface area contributed by atoms with Crippen molar-refractivity contribution < 1.29 is 4.74 Å². The molecule has 0 saturated carbocycles. The zero-order valence-corrected chi connectivity index (χ0v) is 11.4. The topological polar surface area (TPSA) is 33.3 Å².